The minimum absolute atomic E-state index is 0.0380. The van der Waals surface area contributed by atoms with Crippen LogP contribution in [0.1, 0.15) is 48.9 Å². The Morgan fingerprint density at radius 1 is 0.657 bits per heavy atom. The van der Waals surface area contributed by atoms with Crippen molar-refractivity contribution < 1.29 is 19.1 Å². The first-order valence-electron chi connectivity index (χ1n) is 22.1. The second-order valence-electron chi connectivity index (χ2n) is 16.0. The zero-order valence-electron chi connectivity index (χ0n) is 36.9. The van der Waals surface area contributed by atoms with Crippen molar-refractivity contribution in [2.75, 3.05) is 37.6 Å². The van der Waals surface area contributed by atoms with E-state index in [4.69, 9.17) is 32.5 Å². The number of piperidine rings is 2. The summed E-state index contributed by atoms with van der Waals surface area (Å²) < 4.78 is 15.7. The number of nitrogens with zero attached hydrogens (tertiary/aromatic N) is 7. The molecule has 2 saturated heterocycles. The van der Waals surface area contributed by atoms with E-state index in [1.807, 2.05) is 111 Å². The molecule has 1 amide bonds. The molecule has 0 aliphatic carbocycles. The van der Waals surface area contributed by atoms with Gasteiger partial charge in [-0.25, -0.2) is 19.0 Å². The topological polar surface area (TPSA) is 180 Å². The number of para-hydroxylation sites is 2. The van der Waals surface area contributed by atoms with Crippen molar-refractivity contribution in [2.45, 2.75) is 37.5 Å². The average molecular weight is 915 g/mol. The molecule has 4 aromatic carbocycles. The Morgan fingerprint density at radius 3 is 1.57 bits per heavy atom. The maximum absolute atomic E-state index is 12.2. The number of nitrogens with two attached hydrogens (primary N) is 2. The molecule has 5 N–H and O–H groups in total. The van der Waals surface area contributed by atoms with E-state index < -0.39 is 5.24 Å². The van der Waals surface area contributed by atoms with E-state index in [2.05, 4.69) is 62.9 Å². The second-order valence-corrected chi connectivity index (χ2v) is 16.4. The highest BCUT2D eigenvalue weighted by Gasteiger charge is 2.28. The van der Waals surface area contributed by atoms with Crippen LogP contribution in [0.15, 0.2) is 159 Å². The smallest absolute Gasteiger partial charge is 0.245 e. The summed E-state index contributed by atoms with van der Waals surface area (Å²) in [6.45, 7) is 10.1. The number of aromatic nitrogens is 6. The molecular weight excluding hydrogens is 864 g/mol. The van der Waals surface area contributed by atoms with E-state index in [1.54, 1.807) is 0 Å². The van der Waals surface area contributed by atoms with Crippen LogP contribution in [0, 0.1) is 0 Å². The van der Waals surface area contributed by atoms with Crippen molar-refractivity contribution in [2.24, 2.45) is 0 Å². The lowest BCUT2D eigenvalue weighted by Gasteiger charge is -2.31. The van der Waals surface area contributed by atoms with Crippen LogP contribution in [0.3, 0.4) is 0 Å². The fourth-order valence-electron chi connectivity index (χ4n) is 8.51. The van der Waals surface area contributed by atoms with Crippen LogP contribution in [0.2, 0.25) is 0 Å². The van der Waals surface area contributed by atoms with Gasteiger partial charge in [-0.2, -0.15) is 10.2 Å². The highest BCUT2D eigenvalue weighted by molar-refractivity contribution is 6.66. The van der Waals surface area contributed by atoms with Gasteiger partial charge in [-0.05, 0) is 128 Å². The highest BCUT2D eigenvalue weighted by atomic mass is 35.5. The number of ether oxygens (including phenoxy) is 2. The summed E-state index contributed by atoms with van der Waals surface area (Å²) in [5, 5.41) is 12.0. The molecular formula is C52H51ClN10O4. The van der Waals surface area contributed by atoms with Crippen LogP contribution in [0.5, 0.6) is 23.0 Å². The third-order valence-corrected chi connectivity index (χ3v) is 11.9. The number of likely N-dealkylation sites (tertiary alicyclic amines) is 1. The van der Waals surface area contributed by atoms with Gasteiger partial charge in [0.1, 0.15) is 46.7 Å². The molecule has 14 nitrogen and oxygen atoms in total. The molecule has 2 aliphatic heterocycles. The van der Waals surface area contributed by atoms with Gasteiger partial charge in [0.25, 0.3) is 0 Å². The summed E-state index contributed by atoms with van der Waals surface area (Å²) in [6.07, 6.45) is 9.64. The number of carbonyl (C=O) groups excluding carboxylic acids is 2. The zero-order valence-corrected chi connectivity index (χ0v) is 37.6. The quantitative estimate of drug-likeness (QED) is 0.0878. The van der Waals surface area contributed by atoms with E-state index in [-0.39, 0.29) is 11.8 Å². The first kappa shape index (κ1) is 45.7. The Hall–Kier alpha value is -7.81. The molecule has 2 atom stereocenters. The van der Waals surface area contributed by atoms with Crippen LogP contribution >= 0.6 is 11.6 Å². The third-order valence-electron chi connectivity index (χ3n) is 11.7. The zero-order chi connectivity index (χ0) is 46.7. The molecule has 2 unspecified atom stereocenters. The van der Waals surface area contributed by atoms with E-state index in [9.17, 15) is 9.59 Å². The average Bonchev–Trinajstić information content (AvgIpc) is 3.97. The van der Waals surface area contributed by atoms with Gasteiger partial charge in [-0.3, -0.25) is 9.59 Å². The molecule has 0 spiro atoms. The maximum Gasteiger partial charge on any atom is 0.245 e. The number of halogens is 1. The normalized spacial score (nSPS) is 15.6. The summed E-state index contributed by atoms with van der Waals surface area (Å²) in [7, 11) is 0. The van der Waals surface area contributed by atoms with Crippen molar-refractivity contribution in [1.29, 1.82) is 0 Å². The van der Waals surface area contributed by atoms with Crippen molar-refractivity contribution in [1.82, 2.24) is 39.4 Å². The molecule has 0 radical (unpaired) electrons. The molecule has 8 aromatic rings. The summed E-state index contributed by atoms with van der Waals surface area (Å²) in [5.74, 6) is 4.60. The lowest BCUT2D eigenvalue weighted by Crippen LogP contribution is -2.38. The molecule has 6 heterocycles. The fourth-order valence-corrected chi connectivity index (χ4v) is 8.51. The van der Waals surface area contributed by atoms with Crippen molar-refractivity contribution in [3.05, 3.63) is 171 Å². The summed E-state index contributed by atoms with van der Waals surface area (Å²) in [4.78, 5) is 32.0. The second kappa shape index (κ2) is 21.5. The number of carbonyl (C=O) groups is 2. The summed E-state index contributed by atoms with van der Waals surface area (Å²) in [5.41, 5.74) is 20.5. The molecule has 0 bridgehead atoms. The number of allylic oxidation sites excluding steroid dienone is 1. The summed E-state index contributed by atoms with van der Waals surface area (Å²) >= 11 is 4.71. The van der Waals surface area contributed by atoms with Crippen LogP contribution in [0.25, 0.3) is 33.3 Å². The van der Waals surface area contributed by atoms with E-state index >= 15 is 0 Å². The van der Waals surface area contributed by atoms with E-state index in [0.29, 0.717) is 24.1 Å². The minimum Gasteiger partial charge on any atom is -0.457 e. The van der Waals surface area contributed by atoms with Gasteiger partial charge >= 0.3 is 0 Å². The van der Waals surface area contributed by atoms with Crippen LogP contribution in [-0.4, -0.2) is 71.4 Å². The van der Waals surface area contributed by atoms with Crippen molar-refractivity contribution >= 4 is 45.4 Å². The van der Waals surface area contributed by atoms with Gasteiger partial charge in [0.2, 0.25) is 11.1 Å². The predicted molar refractivity (Wildman–Crippen MR) is 263 cm³/mol. The van der Waals surface area contributed by atoms with Gasteiger partial charge in [0.05, 0.1) is 0 Å². The molecule has 340 valence electrons. The Morgan fingerprint density at radius 2 is 1.12 bits per heavy atom. The van der Waals surface area contributed by atoms with Gasteiger partial charge in [0.15, 0.2) is 11.6 Å². The molecule has 67 heavy (non-hydrogen) atoms. The summed E-state index contributed by atoms with van der Waals surface area (Å²) in [6, 6.07) is 39.8. The molecule has 15 heteroatoms. The maximum atomic E-state index is 12.2. The van der Waals surface area contributed by atoms with Gasteiger partial charge in [-0.1, -0.05) is 73.8 Å². The number of amides is 1. The number of fused-ring (bicyclic) bond motifs is 2. The Labute approximate surface area is 393 Å². The Bertz CT molecular complexity index is 2970. The van der Waals surface area contributed by atoms with Crippen LogP contribution in [0.4, 0.5) is 11.6 Å². The van der Waals surface area contributed by atoms with Gasteiger partial charge in [-0.15, -0.1) is 0 Å². The molecule has 2 aliphatic rings. The fraction of sp³-hybridized carbons (Fsp3) is 0.192. The predicted octanol–water partition coefficient (Wildman–Crippen LogP) is 9.84. The molecule has 0 saturated carbocycles. The standard InChI is InChI=1S/C26H25N5O2.C23H23N5O.C3H3ClO/c1-2-24(32)30-14-6-7-19(16-30)23-15-22(25-26(27)28-17-29-31(23)25)18-10-12-21(13-11-18)33-20-8-4-3-5-9-20;24-23-22-20(13-21(28(22)27-15-26-23)17-5-4-12-25-14-17)16-8-10-19(11-9-16)29-18-6-2-1-3-7-18;1-2-3(4)5/h2-5,8-13,15,17,19H,1,6-7,14,16H2,(H2,27,28,29);1-3,6-11,13,15,17,25H,4-5,12,14H2,(H2,24,26,27);2H,1H2. The number of hydrogen-bond acceptors (Lipinski definition) is 11. The SMILES string of the molecule is C=CC(=O)Cl.C=CC(=O)N1CCCC(c2cc(-c3ccc(Oc4ccccc4)cc3)c3c(N)ncnn23)C1.Nc1ncnn2c(C3CCCNC3)cc(-c3ccc(Oc4ccccc4)cc3)c12. The molecule has 4 aromatic heterocycles. The molecule has 2 fully saturated rings. The number of benzene rings is 4. The first-order chi connectivity index (χ1) is 32.7. The number of anilines is 2. The van der Waals surface area contributed by atoms with Crippen LogP contribution < -0.4 is 26.3 Å². The van der Waals surface area contributed by atoms with Crippen molar-refractivity contribution in [3.8, 4) is 45.3 Å². The highest BCUT2D eigenvalue weighted by Crippen LogP contribution is 2.38. The lowest BCUT2D eigenvalue weighted by molar-refractivity contribution is -0.127. The Kier molecular flexibility index (Phi) is 14.6. The lowest BCUT2D eigenvalue weighted by atomic mass is 9.94. The van der Waals surface area contributed by atoms with E-state index in [0.717, 1.165) is 107 Å². The van der Waals surface area contributed by atoms with Gasteiger partial charge < -0.3 is 31.2 Å². The first-order valence-corrected chi connectivity index (χ1v) is 22.4. The number of nitrogen functional groups attached to an aromatic ring is 2. The minimum atomic E-state index is -0.509. The largest absolute Gasteiger partial charge is 0.457 e. The third kappa shape index (κ3) is 10.8. The monoisotopic (exact) mass is 914 g/mol. The molecule has 10 rings (SSSR count). The number of hydrogen-bond donors (Lipinski definition) is 3. The van der Waals surface area contributed by atoms with Gasteiger partial charge in [0, 0.05) is 54.0 Å². The Balaban J connectivity index is 0.000000166. The number of nitrogens with one attached hydrogen (secondary N) is 1. The van der Waals surface area contributed by atoms with Crippen molar-refractivity contribution in [3.63, 3.8) is 0 Å². The number of rotatable bonds is 10. The van der Waals surface area contributed by atoms with Crippen LogP contribution in [-0.2, 0) is 9.59 Å². The van der Waals surface area contributed by atoms with E-state index in [1.165, 1.54) is 30.8 Å².